The summed E-state index contributed by atoms with van der Waals surface area (Å²) in [6.45, 7) is -0.438. The molecule has 0 aliphatic heterocycles. The highest BCUT2D eigenvalue weighted by atomic mass is 32.2. The molecule has 0 aromatic heterocycles. The highest BCUT2D eigenvalue weighted by molar-refractivity contribution is 7.98. The number of nitrogens with one attached hydrogen (secondary N) is 2. The number of hydrogen-bond acceptors (Lipinski definition) is 5. The van der Waals surface area contributed by atoms with E-state index in [9.17, 15) is 14.4 Å². The summed E-state index contributed by atoms with van der Waals surface area (Å²) in [5, 5.41) is 13.5. The molecule has 0 fully saturated rings. The minimum atomic E-state index is -1.16. The molecule has 0 aliphatic carbocycles. The fourth-order valence-corrected chi connectivity index (χ4v) is 3.26. The number of rotatable bonds is 10. The fraction of sp³-hybridized carbons (Fsp3) is 0.250. The third kappa shape index (κ3) is 8.13. The molecule has 0 spiro atoms. The first-order valence-electron chi connectivity index (χ1n) is 8.63. The Morgan fingerprint density at radius 1 is 0.964 bits per heavy atom. The first kappa shape index (κ1) is 21.3. The Bertz CT molecular complexity index is 771. The van der Waals surface area contributed by atoms with E-state index >= 15 is 0 Å². The van der Waals surface area contributed by atoms with Crippen LogP contribution in [0.3, 0.4) is 0 Å². The van der Waals surface area contributed by atoms with Crippen LogP contribution in [-0.4, -0.2) is 41.4 Å². The van der Waals surface area contributed by atoms with Crippen LogP contribution >= 0.6 is 11.8 Å². The van der Waals surface area contributed by atoms with Crippen LogP contribution in [0.2, 0.25) is 0 Å². The standard InChI is InChI=1S/C20H22N2O5S/c23-18(24)11-21-19(25)17(14-28-13-16-9-5-2-6-10-16)22-20(26)27-12-15-7-3-1-4-8-15/h1-10,17H,11-14H2,(H,21,25)(H,22,26)(H,23,24)/t17-/m1/s1. The first-order valence-corrected chi connectivity index (χ1v) is 9.78. The van der Waals surface area contributed by atoms with E-state index in [4.69, 9.17) is 9.84 Å². The molecule has 148 valence electrons. The first-order chi connectivity index (χ1) is 13.5. The Balaban J connectivity index is 1.87. The van der Waals surface area contributed by atoms with E-state index in [0.717, 1.165) is 11.1 Å². The zero-order valence-corrected chi connectivity index (χ0v) is 16.0. The molecule has 0 heterocycles. The highest BCUT2D eigenvalue weighted by Gasteiger charge is 2.22. The summed E-state index contributed by atoms with van der Waals surface area (Å²) in [6.07, 6.45) is -0.736. The van der Waals surface area contributed by atoms with E-state index in [1.165, 1.54) is 11.8 Å². The van der Waals surface area contributed by atoms with Crippen molar-refractivity contribution < 1.29 is 24.2 Å². The van der Waals surface area contributed by atoms with Crippen molar-refractivity contribution in [1.82, 2.24) is 10.6 Å². The van der Waals surface area contributed by atoms with Gasteiger partial charge in [0.1, 0.15) is 19.2 Å². The number of carboxylic acid groups (broad SMARTS) is 1. The van der Waals surface area contributed by atoms with Crippen molar-refractivity contribution in [3.63, 3.8) is 0 Å². The van der Waals surface area contributed by atoms with Crippen LogP contribution in [0.4, 0.5) is 4.79 Å². The van der Waals surface area contributed by atoms with Crippen LogP contribution in [0, 0.1) is 0 Å². The third-order valence-electron chi connectivity index (χ3n) is 3.63. The number of hydrogen-bond donors (Lipinski definition) is 3. The summed E-state index contributed by atoms with van der Waals surface area (Å²) in [6, 6.07) is 18.0. The second-order valence-corrected chi connectivity index (χ2v) is 6.90. The largest absolute Gasteiger partial charge is 0.480 e. The summed E-state index contributed by atoms with van der Waals surface area (Å²) in [7, 11) is 0. The summed E-state index contributed by atoms with van der Waals surface area (Å²) in [5.74, 6) is -0.791. The van der Waals surface area contributed by atoms with Crippen LogP contribution in [-0.2, 0) is 26.7 Å². The zero-order chi connectivity index (χ0) is 20.2. The van der Waals surface area contributed by atoms with Crippen molar-refractivity contribution in [2.24, 2.45) is 0 Å². The van der Waals surface area contributed by atoms with Crippen LogP contribution in [0.1, 0.15) is 11.1 Å². The van der Waals surface area contributed by atoms with Gasteiger partial charge in [-0.1, -0.05) is 60.7 Å². The van der Waals surface area contributed by atoms with Gasteiger partial charge in [-0.15, -0.1) is 0 Å². The van der Waals surface area contributed by atoms with Crippen molar-refractivity contribution >= 4 is 29.7 Å². The van der Waals surface area contributed by atoms with Gasteiger partial charge in [-0.2, -0.15) is 11.8 Å². The molecule has 0 unspecified atom stereocenters. The number of aliphatic carboxylic acids is 1. The van der Waals surface area contributed by atoms with Crippen molar-refractivity contribution in [3.05, 3.63) is 71.8 Å². The lowest BCUT2D eigenvalue weighted by atomic mass is 10.2. The van der Waals surface area contributed by atoms with Gasteiger partial charge in [0, 0.05) is 11.5 Å². The molecule has 2 aromatic rings. The zero-order valence-electron chi connectivity index (χ0n) is 15.2. The maximum atomic E-state index is 12.2. The Hall–Kier alpha value is -3.00. The molecule has 0 saturated heterocycles. The van der Waals surface area contributed by atoms with Crippen LogP contribution in [0.25, 0.3) is 0 Å². The van der Waals surface area contributed by atoms with Crippen LogP contribution in [0.15, 0.2) is 60.7 Å². The van der Waals surface area contributed by atoms with Gasteiger partial charge in [0.15, 0.2) is 0 Å². The van der Waals surface area contributed by atoms with Crippen LogP contribution in [0.5, 0.6) is 0 Å². The third-order valence-corrected chi connectivity index (χ3v) is 4.74. The number of carboxylic acids is 1. The Labute approximate surface area is 167 Å². The second kappa shape index (κ2) is 11.7. The topological polar surface area (TPSA) is 105 Å². The molecular weight excluding hydrogens is 380 g/mol. The summed E-state index contributed by atoms with van der Waals surface area (Å²) in [4.78, 5) is 35.0. The maximum Gasteiger partial charge on any atom is 0.408 e. The monoisotopic (exact) mass is 402 g/mol. The number of amides is 2. The molecule has 0 radical (unpaired) electrons. The number of ether oxygens (including phenoxy) is 1. The summed E-state index contributed by atoms with van der Waals surface area (Å²) in [5.41, 5.74) is 1.91. The van der Waals surface area contributed by atoms with Gasteiger partial charge in [-0.05, 0) is 11.1 Å². The van der Waals surface area contributed by atoms with Crippen molar-refractivity contribution in [3.8, 4) is 0 Å². The van der Waals surface area contributed by atoms with Gasteiger partial charge in [0.2, 0.25) is 5.91 Å². The molecule has 3 N–H and O–H groups in total. The molecule has 2 aromatic carbocycles. The average Bonchev–Trinajstić information content (AvgIpc) is 2.71. The number of carbonyl (C=O) groups is 3. The minimum absolute atomic E-state index is 0.0767. The van der Waals surface area contributed by atoms with Gasteiger partial charge < -0.3 is 20.5 Å². The molecule has 1 atom stereocenters. The molecule has 7 nitrogen and oxygen atoms in total. The van der Waals surface area contributed by atoms with E-state index < -0.39 is 30.6 Å². The van der Waals surface area contributed by atoms with Gasteiger partial charge in [-0.25, -0.2) is 4.79 Å². The molecule has 2 rings (SSSR count). The van der Waals surface area contributed by atoms with Gasteiger partial charge in [0.05, 0.1) is 0 Å². The van der Waals surface area contributed by atoms with E-state index in [2.05, 4.69) is 10.6 Å². The Morgan fingerprint density at radius 2 is 1.57 bits per heavy atom. The Morgan fingerprint density at radius 3 is 2.18 bits per heavy atom. The predicted octanol–water partition coefficient (Wildman–Crippen LogP) is 2.42. The predicted molar refractivity (Wildman–Crippen MR) is 107 cm³/mol. The quantitative estimate of drug-likeness (QED) is 0.564. The number of thioether (sulfide) groups is 1. The average molecular weight is 402 g/mol. The summed E-state index contributed by atoms with van der Waals surface area (Å²) < 4.78 is 5.14. The minimum Gasteiger partial charge on any atom is -0.480 e. The molecule has 0 aliphatic rings. The van der Waals surface area contributed by atoms with Gasteiger partial charge in [0.25, 0.3) is 0 Å². The Kier molecular flexibility index (Phi) is 8.87. The SMILES string of the molecule is O=C(O)CNC(=O)[C@@H](CSCc1ccccc1)NC(=O)OCc1ccccc1. The summed E-state index contributed by atoms with van der Waals surface area (Å²) >= 11 is 1.45. The normalized spacial score (nSPS) is 11.3. The highest BCUT2D eigenvalue weighted by Crippen LogP contribution is 2.13. The lowest BCUT2D eigenvalue weighted by molar-refractivity contribution is -0.138. The smallest absolute Gasteiger partial charge is 0.408 e. The van der Waals surface area contributed by atoms with Crippen LogP contribution < -0.4 is 10.6 Å². The molecular formula is C20H22N2O5S. The molecule has 0 bridgehead atoms. The molecule has 2 amide bonds. The van der Waals surface area contributed by atoms with E-state index in [1.54, 1.807) is 0 Å². The molecule has 28 heavy (non-hydrogen) atoms. The second-order valence-electron chi connectivity index (χ2n) is 5.87. The molecule has 0 saturated carbocycles. The van der Waals surface area contributed by atoms with Crippen molar-refractivity contribution in [2.45, 2.75) is 18.4 Å². The number of alkyl carbamates (subject to hydrolysis) is 1. The van der Waals surface area contributed by atoms with Crippen molar-refractivity contribution in [1.29, 1.82) is 0 Å². The van der Waals surface area contributed by atoms with Gasteiger partial charge >= 0.3 is 12.1 Å². The number of benzene rings is 2. The van der Waals surface area contributed by atoms with Gasteiger partial charge in [-0.3, -0.25) is 9.59 Å². The number of carbonyl (C=O) groups excluding carboxylic acids is 2. The van der Waals surface area contributed by atoms with E-state index in [0.29, 0.717) is 5.75 Å². The lowest BCUT2D eigenvalue weighted by Crippen LogP contribution is -2.49. The van der Waals surface area contributed by atoms with E-state index in [-0.39, 0.29) is 12.4 Å². The lowest BCUT2D eigenvalue weighted by Gasteiger charge is -2.17. The molecule has 8 heteroatoms. The van der Waals surface area contributed by atoms with Crippen molar-refractivity contribution in [2.75, 3.05) is 12.3 Å². The maximum absolute atomic E-state index is 12.2. The van der Waals surface area contributed by atoms with E-state index in [1.807, 2.05) is 60.7 Å². The fourth-order valence-electron chi connectivity index (χ4n) is 2.24.